The zero-order valence-electron chi connectivity index (χ0n) is 13.0. The molecule has 1 aromatic rings. The fourth-order valence-electron chi connectivity index (χ4n) is 3.51. The second-order valence-corrected chi connectivity index (χ2v) is 8.02. The summed E-state index contributed by atoms with van der Waals surface area (Å²) in [6.07, 6.45) is 3.20. The SMILES string of the molecule is Cc1cccc(CN2C[C@@H](NS(C)(=O)=O)[C@H]3OCCC[C@H]32)n1. The molecule has 0 spiro atoms. The Labute approximate surface area is 131 Å². The minimum Gasteiger partial charge on any atom is -0.375 e. The molecule has 0 unspecified atom stereocenters. The van der Waals surface area contributed by atoms with Crippen LogP contribution in [0.2, 0.25) is 0 Å². The van der Waals surface area contributed by atoms with Crippen LogP contribution in [0.3, 0.4) is 0 Å². The van der Waals surface area contributed by atoms with Crippen LogP contribution in [0.4, 0.5) is 0 Å². The average Bonchev–Trinajstić information content (AvgIpc) is 2.75. The van der Waals surface area contributed by atoms with Crippen LogP contribution >= 0.6 is 0 Å². The van der Waals surface area contributed by atoms with Gasteiger partial charge in [0.15, 0.2) is 0 Å². The monoisotopic (exact) mass is 325 g/mol. The maximum absolute atomic E-state index is 11.6. The van der Waals surface area contributed by atoms with E-state index in [1.54, 1.807) is 0 Å². The molecular formula is C15H23N3O3S. The van der Waals surface area contributed by atoms with Crippen LogP contribution in [0.1, 0.15) is 24.2 Å². The highest BCUT2D eigenvalue weighted by atomic mass is 32.2. The lowest BCUT2D eigenvalue weighted by atomic mass is 10.0. The van der Waals surface area contributed by atoms with Crippen molar-refractivity contribution >= 4 is 10.0 Å². The average molecular weight is 325 g/mol. The van der Waals surface area contributed by atoms with E-state index in [0.717, 1.165) is 30.8 Å². The molecule has 1 aromatic heterocycles. The van der Waals surface area contributed by atoms with E-state index in [1.165, 1.54) is 6.26 Å². The lowest BCUT2D eigenvalue weighted by Crippen LogP contribution is -2.47. The number of ether oxygens (including phenoxy) is 1. The molecule has 2 fully saturated rings. The molecule has 0 aliphatic carbocycles. The molecule has 0 aromatic carbocycles. The molecule has 2 aliphatic rings. The van der Waals surface area contributed by atoms with Crippen molar-refractivity contribution in [2.45, 2.75) is 44.5 Å². The van der Waals surface area contributed by atoms with Gasteiger partial charge in [-0.3, -0.25) is 9.88 Å². The third-order valence-electron chi connectivity index (χ3n) is 4.31. The summed E-state index contributed by atoms with van der Waals surface area (Å²) in [5, 5.41) is 0. The Balaban J connectivity index is 1.76. The van der Waals surface area contributed by atoms with Crippen LogP contribution in [0.5, 0.6) is 0 Å². The van der Waals surface area contributed by atoms with Crippen molar-refractivity contribution in [3.05, 3.63) is 29.6 Å². The van der Waals surface area contributed by atoms with E-state index in [9.17, 15) is 8.42 Å². The van der Waals surface area contributed by atoms with Crippen molar-refractivity contribution in [1.29, 1.82) is 0 Å². The molecular weight excluding hydrogens is 302 g/mol. The van der Waals surface area contributed by atoms with Crippen molar-refractivity contribution in [3.8, 4) is 0 Å². The standard InChI is InChI=1S/C15H23N3O3S/c1-11-5-3-6-12(16-11)9-18-10-13(17-22(2,19)20)15-14(18)7-4-8-21-15/h3,5-6,13-15,17H,4,7-10H2,1-2H3/t13-,14-,15-/m1/s1. The van der Waals surface area contributed by atoms with Gasteiger partial charge in [0.25, 0.3) is 0 Å². The van der Waals surface area contributed by atoms with Gasteiger partial charge in [-0.1, -0.05) is 6.07 Å². The summed E-state index contributed by atoms with van der Waals surface area (Å²) in [4.78, 5) is 6.85. The van der Waals surface area contributed by atoms with Crippen LogP contribution in [0.15, 0.2) is 18.2 Å². The first-order chi connectivity index (χ1) is 10.4. The number of nitrogens with zero attached hydrogens (tertiary/aromatic N) is 2. The smallest absolute Gasteiger partial charge is 0.209 e. The van der Waals surface area contributed by atoms with Gasteiger partial charge in [-0.25, -0.2) is 13.1 Å². The number of aromatic nitrogens is 1. The van der Waals surface area contributed by atoms with Crippen molar-refractivity contribution in [2.75, 3.05) is 19.4 Å². The predicted molar refractivity (Wildman–Crippen MR) is 83.9 cm³/mol. The molecule has 2 aliphatic heterocycles. The molecule has 122 valence electrons. The topological polar surface area (TPSA) is 71.5 Å². The summed E-state index contributed by atoms with van der Waals surface area (Å²) in [7, 11) is -3.23. The van der Waals surface area contributed by atoms with Crippen molar-refractivity contribution in [1.82, 2.24) is 14.6 Å². The van der Waals surface area contributed by atoms with E-state index in [0.29, 0.717) is 13.2 Å². The minimum atomic E-state index is -3.23. The van der Waals surface area contributed by atoms with Gasteiger partial charge in [-0.2, -0.15) is 0 Å². The van der Waals surface area contributed by atoms with E-state index >= 15 is 0 Å². The van der Waals surface area contributed by atoms with Crippen LogP contribution in [0.25, 0.3) is 0 Å². The first-order valence-corrected chi connectivity index (χ1v) is 9.57. The first-order valence-electron chi connectivity index (χ1n) is 7.68. The minimum absolute atomic E-state index is 0.0618. The number of hydrogen-bond acceptors (Lipinski definition) is 5. The zero-order valence-corrected chi connectivity index (χ0v) is 13.8. The maximum atomic E-state index is 11.6. The van der Waals surface area contributed by atoms with E-state index in [4.69, 9.17) is 4.74 Å². The van der Waals surface area contributed by atoms with Gasteiger partial charge in [-0.15, -0.1) is 0 Å². The number of pyridine rings is 1. The third-order valence-corrected chi connectivity index (χ3v) is 5.04. The van der Waals surface area contributed by atoms with Crippen LogP contribution in [0, 0.1) is 6.92 Å². The molecule has 0 amide bonds. The largest absolute Gasteiger partial charge is 0.375 e. The van der Waals surface area contributed by atoms with Gasteiger partial charge in [0.05, 0.1) is 24.1 Å². The van der Waals surface area contributed by atoms with Crippen molar-refractivity contribution in [2.24, 2.45) is 0 Å². The summed E-state index contributed by atoms with van der Waals surface area (Å²) in [5.74, 6) is 0. The predicted octanol–water partition coefficient (Wildman–Crippen LogP) is 0.671. The molecule has 2 saturated heterocycles. The third kappa shape index (κ3) is 3.65. The highest BCUT2D eigenvalue weighted by molar-refractivity contribution is 7.88. The normalized spacial score (nSPS) is 29.5. The van der Waals surface area contributed by atoms with Gasteiger partial charge in [0, 0.05) is 31.4 Å². The first kappa shape index (κ1) is 15.9. The van der Waals surface area contributed by atoms with Gasteiger partial charge >= 0.3 is 0 Å². The van der Waals surface area contributed by atoms with Crippen molar-refractivity contribution in [3.63, 3.8) is 0 Å². The number of likely N-dealkylation sites (tertiary alicyclic amines) is 1. The second-order valence-electron chi connectivity index (χ2n) is 6.24. The van der Waals surface area contributed by atoms with Gasteiger partial charge in [-0.05, 0) is 31.9 Å². The molecule has 3 atom stereocenters. The fraction of sp³-hybridized carbons (Fsp3) is 0.667. The summed E-state index contributed by atoms with van der Waals surface area (Å²) >= 11 is 0. The number of fused-ring (bicyclic) bond motifs is 1. The quantitative estimate of drug-likeness (QED) is 0.881. The summed E-state index contributed by atoms with van der Waals surface area (Å²) in [6, 6.07) is 6.09. The molecule has 1 N–H and O–H groups in total. The summed E-state index contributed by atoms with van der Waals surface area (Å²) in [6.45, 7) is 4.08. The number of nitrogens with one attached hydrogen (secondary N) is 1. The molecule has 22 heavy (non-hydrogen) atoms. The van der Waals surface area contributed by atoms with Gasteiger partial charge < -0.3 is 4.74 Å². The number of aryl methyl sites for hydroxylation is 1. The molecule has 7 heteroatoms. The van der Waals surface area contributed by atoms with Gasteiger partial charge in [0.1, 0.15) is 0 Å². The Morgan fingerprint density at radius 3 is 3.00 bits per heavy atom. The van der Waals surface area contributed by atoms with E-state index in [-0.39, 0.29) is 18.2 Å². The second kappa shape index (κ2) is 6.23. The molecule has 6 nitrogen and oxygen atoms in total. The molecule has 3 heterocycles. The van der Waals surface area contributed by atoms with Crippen LogP contribution in [-0.2, 0) is 21.3 Å². The Morgan fingerprint density at radius 1 is 1.45 bits per heavy atom. The number of sulfonamides is 1. The van der Waals surface area contributed by atoms with Gasteiger partial charge in [0.2, 0.25) is 10.0 Å². The van der Waals surface area contributed by atoms with Crippen LogP contribution < -0.4 is 4.72 Å². The lowest BCUT2D eigenvalue weighted by molar-refractivity contribution is -0.0195. The Kier molecular flexibility index (Phi) is 4.49. The molecule has 0 saturated carbocycles. The Hall–Kier alpha value is -1.02. The zero-order chi connectivity index (χ0) is 15.7. The number of rotatable bonds is 4. The summed E-state index contributed by atoms with van der Waals surface area (Å²) in [5.41, 5.74) is 2.02. The van der Waals surface area contributed by atoms with E-state index < -0.39 is 10.0 Å². The molecule has 3 rings (SSSR count). The summed E-state index contributed by atoms with van der Waals surface area (Å²) < 4.78 is 31.7. The van der Waals surface area contributed by atoms with Crippen molar-refractivity contribution < 1.29 is 13.2 Å². The maximum Gasteiger partial charge on any atom is 0.209 e. The molecule has 0 bridgehead atoms. The molecule has 0 radical (unpaired) electrons. The highest BCUT2D eigenvalue weighted by Gasteiger charge is 2.44. The van der Waals surface area contributed by atoms with E-state index in [2.05, 4.69) is 14.6 Å². The van der Waals surface area contributed by atoms with Crippen LogP contribution in [-0.4, -0.2) is 55.9 Å². The Bertz CT molecular complexity index is 635. The fourth-order valence-corrected chi connectivity index (χ4v) is 4.27. The van der Waals surface area contributed by atoms with E-state index in [1.807, 2.05) is 25.1 Å². The number of hydrogen-bond donors (Lipinski definition) is 1. The Morgan fingerprint density at radius 2 is 2.27 bits per heavy atom. The lowest BCUT2D eigenvalue weighted by Gasteiger charge is -2.32. The highest BCUT2D eigenvalue weighted by Crippen LogP contribution is 2.30.